The number of hydrogen-bond acceptors (Lipinski definition) is 13. The summed E-state index contributed by atoms with van der Waals surface area (Å²) >= 11 is 3.53. The molecule has 1 aromatic rings. The highest BCUT2D eigenvalue weighted by Crippen LogP contribution is 2.29. The number of anilines is 1. The van der Waals surface area contributed by atoms with E-state index in [1.807, 2.05) is 27.7 Å². The van der Waals surface area contributed by atoms with E-state index in [2.05, 4.69) is 29.8 Å². The van der Waals surface area contributed by atoms with Crippen molar-refractivity contribution in [1.82, 2.24) is 10.2 Å². The van der Waals surface area contributed by atoms with Gasteiger partial charge in [-0.25, -0.2) is 0 Å². The molecule has 0 aromatic heterocycles. The van der Waals surface area contributed by atoms with E-state index in [4.69, 9.17) is 29.4 Å². The molecule has 2 aliphatic heterocycles. The van der Waals surface area contributed by atoms with Crippen LogP contribution in [0.1, 0.15) is 67.7 Å². The lowest BCUT2D eigenvalue weighted by Crippen LogP contribution is -2.54. The quantitative estimate of drug-likeness (QED) is 0.0503. The van der Waals surface area contributed by atoms with Gasteiger partial charge in [0.2, 0.25) is 17.7 Å². The molecule has 2 aliphatic rings. The third kappa shape index (κ3) is 19.6. The lowest BCUT2D eigenvalue weighted by molar-refractivity contribution is -0.136. The van der Waals surface area contributed by atoms with Crippen LogP contribution in [0.5, 0.6) is 0 Å². The fourth-order valence-electron chi connectivity index (χ4n) is 3.94. The Bertz CT molecular complexity index is 1150. The van der Waals surface area contributed by atoms with Gasteiger partial charge in [-0.15, -0.1) is 6.58 Å². The largest absolute Gasteiger partial charge is 0.378 e. The predicted molar refractivity (Wildman–Crippen MR) is 193 cm³/mol. The average molecular weight is 729 g/mol. The number of nitrogens with one attached hydrogen (secondary N) is 2. The van der Waals surface area contributed by atoms with E-state index in [0.717, 1.165) is 11.2 Å². The standard InChI is InChI=1S/C25H34N4O10.C4H6O.2C2H6.CH4S/c26-5-6-35-7-8-36-9-10-37-11-12-38-13-14-39-16-22(31)27-17-1-2-18-19(15-17)25(34)29(24(18)33)20-3-4-21(30)28-23(20)32;1-2-3-4-5;3*1-2/h1-2,15,20H,3-14,16,26H2,(H,27,31)(H,28,30,32);2,4H,1,3H2;2*1-2H3;2H,1H3. The predicted octanol–water partition coefficient (Wildman–Crippen LogP) is 2.43. The lowest BCUT2D eigenvalue weighted by Gasteiger charge is -2.27. The van der Waals surface area contributed by atoms with Crippen molar-refractivity contribution in [3.05, 3.63) is 42.0 Å². The van der Waals surface area contributed by atoms with Crippen LogP contribution in [0.4, 0.5) is 5.69 Å². The number of nitrogens with zero attached hydrogens (tertiary/aromatic N) is 1. The molecule has 50 heavy (non-hydrogen) atoms. The van der Waals surface area contributed by atoms with Crippen molar-refractivity contribution in [3.8, 4) is 0 Å². The van der Waals surface area contributed by atoms with Gasteiger partial charge < -0.3 is 39.5 Å². The maximum absolute atomic E-state index is 12.9. The molecule has 0 spiro atoms. The monoisotopic (exact) mass is 728 g/mol. The number of carbonyl (C=O) groups is 6. The Kier molecular flexibility index (Phi) is 31.8. The van der Waals surface area contributed by atoms with Gasteiger partial charge in [-0.1, -0.05) is 33.8 Å². The van der Waals surface area contributed by atoms with Crippen molar-refractivity contribution in [3.63, 3.8) is 0 Å². The molecule has 0 saturated carbocycles. The molecule has 284 valence electrons. The van der Waals surface area contributed by atoms with Gasteiger partial charge in [-0.3, -0.25) is 34.2 Å². The second kappa shape index (κ2) is 32.7. The molecule has 2 heterocycles. The van der Waals surface area contributed by atoms with Crippen LogP contribution in [0.25, 0.3) is 0 Å². The minimum atomic E-state index is -1.05. The number of rotatable bonds is 20. The number of carbonyl (C=O) groups excluding carboxylic acids is 6. The molecule has 15 nitrogen and oxygen atoms in total. The van der Waals surface area contributed by atoms with Crippen LogP contribution in [-0.4, -0.2) is 126 Å². The fourth-order valence-corrected chi connectivity index (χ4v) is 3.94. The molecular weight excluding hydrogens is 672 g/mol. The molecule has 0 radical (unpaired) electrons. The molecule has 1 atom stereocenters. The van der Waals surface area contributed by atoms with E-state index in [1.54, 1.807) is 12.3 Å². The topological polar surface area (TPSA) is 202 Å². The van der Waals surface area contributed by atoms with E-state index in [0.29, 0.717) is 64.9 Å². The summed E-state index contributed by atoms with van der Waals surface area (Å²) in [4.78, 5) is 71.6. The number of nitrogens with two attached hydrogens (primary N) is 1. The summed E-state index contributed by atoms with van der Waals surface area (Å²) in [6.45, 7) is 15.2. The highest BCUT2D eigenvalue weighted by atomic mass is 32.1. The molecule has 3 rings (SSSR count). The van der Waals surface area contributed by atoms with E-state index >= 15 is 0 Å². The first-order valence-corrected chi connectivity index (χ1v) is 17.5. The van der Waals surface area contributed by atoms with Gasteiger partial charge in [0.05, 0.1) is 70.6 Å². The molecule has 0 aliphatic carbocycles. The van der Waals surface area contributed by atoms with Crippen LogP contribution in [0.3, 0.4) is 0 Å². The molecule has 5 amide bonds. The maximum atomic E-state index is 12.9. The summed E-state index contributed by atoms with van der Waals surface area (Å²) < 4.78 is 26.5. The summed E-state index contributed by atoms with van der Waals surface area (Å²) in [6.07, 6.45) is 4.64. The molecule has 16 heteroatoms. The van der Waals surface area contributed by atoms with Gasteiger partial charge in [-0.2, -0.15) is 12.6 Å². The zero-order chi connectivity index (χ0) is 38.2. The number of thiol groups is 1. The molecule has 1 aromatic carbocycles. The van der Waals surface area contributed by atoms with Gasteiger partial charge in [-0.05, 0) is 30.9 Å². The minimum absolute atomic E-state index is 0.0341. The highest BCUT2D eigenvalue weighted by molar-refractivity contribution is 7.79. The molecular formula is C34H56N4O11S. The van der Waals surface area contributed by atoms with Crippen molar-refractivity contribution >= 4 is 54.1 Å². The van der Waals surface area contributed by atoms with Gasteiger partial charge in [0, 0.05) is 25.1 Å². The Hall–Kier alpha value is -3.51. The number of allylic oxidation sites excluding steroid dienone is 1. The van der Waals surface area contributed by atoms with Gasteiger partial charge in [0.1, 0.15) is 18.9 Å². The number of imide groups is 2. The van der Waals surface area contributed by atoms with Crippen LogP contribution in [0.15, 0.2) is 30.9 Å². The average Bonchev–Trinajstić information content (AvgIpc) is 3.37. The number of amides is 5. The number of benzene rings is 1. The zero-order valence-electron chi connectivity index (χ0n) is 30.0. The van der Waals surface area contributed by atoms with Gasteiger partial charge >= 0.3 is 0 Å². The second-order valence-electron chi connectivity index (χ2n) is 9.24. The third-order valence-electron chi connectivity index (χ3n) is 5.97. The first kappa shape index (κ1) is 48.6. The SMILES string of the molecule is C=CCC=O.CC.CC.CS.NCCOCCOCCOCCOCCOCC(=O)Nc1ccc2c(c1)C(=O)N(C1CCC(=O)NC1=O)C2=O. The van der Waals surface area contributed by atoms with E-state index < -0.39 is 35.6 Å². The van der Waals surface area contributed by atoms with E-state index in [1.165, 1.54) is 18.2 Å². The maximum Gasteiger partial charge on any atom is 0.262 e. The third-order valence-corrected chi connectivity index (χ3v) is 5.97. The molecule has 0 bridgehead atoms. The highest BCUT2D eigenvalue weighted by Gasteiger charge is 2.44. The molecule has 1 saturated heterocycles. The van der Waals surface area contributed by atoms with Crippen molar-refractivity contribution in [2.45, 2.75) is 53.0 Å². The van der Waals surface area contributed by atoms with E-state index in [-0.39, 0.29) is 43.8 Å². The Morgan fingerprint density at radius 2 is 1.38 bits per heavy atom. The molecule has 1 fully saturated rings. The van der Waals surface area contributed by atoms with Crippen LogP contribution >= 0.6 is 12.6 Å². The Labute approximate surface area is 301 Å². The number of ether oxygens (including phenoxy) is 5. The Balaban J connectivity index is 0. The van der Waals surface area contributed by atoms with Crippen molar-refractivity contribution < 1.29 is 52.5 Å². The Morgan fingerprint density at radius 3 is 1.84 bits per heavy atom. The second-order valence-corrected chi connectivity index (χ2v) is 9.24. The first-order chi connectivity index (χ1) is 24.3. The van der Waals surface area contributed by atoms with Gasteiger partial charge in [0.25, 0.3) is 11.8 Å². The van der Waals surface area contributed by atoms with Crippen LogP contribution in [0, 0.1) is 0 Å². The normalized spacial score (nSPS) is 14.2. The van der Waals surface area contributed by atoms with Crippen LogP contribution in [-0.2, 0) is 42.9 Å². The zero-order valence-corrected chi connectivity index (χ0v) is 30.9. The summed E-state index contributed by atoms with van der Waals surface area (Å²) in [7, 11) is 0. The number of aldehydes is 1. The lowest BCUT2D eigenvalue weighted by atomic mass is 10.0. The Morgan fingerprint density at radius 1 is 0.880 bits per heavy atom. The minimum Gasteiger partial charge on any atom is -0.378 e. The summed E-state index contributed by atoms with van der Waals surface area (Å²) in [5.41, 5.74) is 5.81. The fraction of sp³-hybridized carbons (Fsp3) is 0.588. The number of hydrogen-bond donors (Lipinski definition) is 4. The molecule has 1 unspecified atom stereocenters. The van der Waals surface area contributed by atoms with Crippen molar-refractivity contribution in [2.75, 3.05) is 84.2 Å². The van der Waals surface area contributed by atoms with Crippen molar-refractivity contribution in [2.24, 2.45) is 5.73 Å². The van der Waals surface area contributed by atoms with Gasteiger partial charge in [0.15, 0.2) is 0 Å². The number of fused-ring (bicyclic) bond motifs is 1. The first-order valence-electron chi connectivity index (χ1n) is 16.6. The van der Waals surface area contributed by atoms with E-state index in [9.17, 15) is 28.8 Å². The summed E-state index contributed by atoms with van der Waals surface area (Å²) in [6, 6.07) is 3.22. The summed E-state index contributed by atoms with van der Waals surface area (Å²) in [5.74, 6) is -2.86. The van der Waals surface area contributed by atoms with Crippen LogP contribution in [0.2, 0.25) is 0 Å². The summed E-state index contributed by atoms with van der Waals surface area (Å²) in [5, 5.41) is 4.75. The molecule has 4 N–H and O–H groups in total. The van der Waals surface area contributed by atoms with Crippen LogP contribution < -0.4 is 16.4 Å². The van der Waals surface area contributed by atoms with Crippen molar-refractivity contribution in [1.29, 1.82) is 0 Å². The number of piperidine rings is 1. The smallest absolute Gasteiger partial charge is 0.262 e.